The summed E-state index contributed by atoms with van der Waals surface area (Å²) in [6.07, 6.45) is 1.68. The maximum atomic E-state index is 13.1. The van der Waals surface area contributed by atoms with Crippen LogP contribution >= 0.6 is 0 Å². The molecule has 0 saturated heterocycles. The van der Waals surface area contributed by atoms with E-state index in [-0.39, 0.29) is 17.8 Å². The Bertz CT molecular complexity index is 1020. The number of aromatic nitrogens is 2. The minimum absolute atomic E-state index is 0.279. The zero-order valence-corrected chi connectivity index (χ0v) is 15.0. The van der Waals surface area contributed by atoms with Crippen molar-refractivity contribution in [2.45, 2.75) is 6.04 Å². The van der Waals surface area contributed by atoms with Crippen LogP contribution in [0.1, 0.15) is 27.7 Å². The topological polar surface area (TPSA) is 46.9 Å². The molecule has 0 unspecified atom stereocenters. The number of nitrogens with one attached hydrogen (secondary N) is 1. The van der Waals surface area contributed by atoms with Gasteiger partial charge in [-0.05, 0) is 41.5 Å². The van der Waals surface area contributed by atoms with Gasteiger partial charge in [0.15, 0.2) is 5.69 Å². The average molecular weight is 371 g/mol. The Morgan fingerprint density at radius 1 is 0.821 bits per heavy atom. The predicted octanol–water partition coefficient (Wildman–Crippen LogP) is 4.53. The molecule has 1 amide bonds. The maximum absolute atomic E-state index is 13.1. The van der Waals surface area contributed by atoms with Gasteiger partial charge in [-0.1, -0.05) is 60.7 Å². The quantitative estimate of drug-likeness (QED) is 0.560. The SMILES string of the molecule is O=C(NC(c1ccccc1)c1ccccc1)c1ccn(-c2ccc(F)cc2)n1. The largest absolute Gasteiger partial charge is 0.340 e. The Morgan fingerprint density at radius 3 is 1.96 bits per heavy atom. The van der Waals surface area contributed by atoms with Crippen molar-refractivity contribution in [1.29, 1.82) is 0 Å². The lowest BCUT2D eigenvalue weighted by molar-refractivity contribution is 0.0937. The van der Waals surface area contributed by atoms with Crippen molar-refractivity contribution in [3.63, 3.8) is 0 Å². The molecule has 0 aliphatic carbocycles. The number of hydrogen-bond donors (Lipinski definition) is 1. The second kappa shape index (κ2) is 7.88. The van der Waals surface area contributed by atoms with Gasteiger partial charge in [-0.25, -0.2) is 9.07 Å². The number of nitrogens with zero attached hydrogens (tertiary/aromatic N) is 2. The van der Waals surface area contributed by atoms with Gasteiger partial charge in [-0.2, -0.15) is 5.10 Å². The fourth-order valence-electron chi connectivity index (χ4n) is 3.04. The minimum Gasteiger partial charge on any atom is -0.340 e. The number of carbonyl (C=O) groups excluding carboxylic acids is 1. The van der Waals surface area contributed by atoms with Crippen LogP contribution in [-0.4, -0.2) is 15.7 Å². The highest BCUT2D eigenvalue weighted by atomic mass is 19.1. The van der Waals surface area contributed by atoms with Gasteiger partial charge in [-0.15, -0.1) is 0 Å². The highest BCUT2D eigenvalue weighted by molar-refractivity contribution is 5.92. The van der Waals surface area contributed by atoms with Crippen LogP contribution in [0.2, 0.25) is 0 Å². The van der Waals surface area contributed by atoms with E-state index in [1.165, 1.54) is 12.1 Å². The molecule has 4 rings (SSSR count). The van der Waals surface area contributed by atoms with Gasteiger partial charge in [-0.3, -0.25) is 4.79 Å². The van der Waals surface area contributed by atoms with Crippen LogP contribution in [0.4, 0.5) is 4.39 Å². The van der Waals surface area contributed by atoms with Crippen LogP contribution < -0.4 is 5.32 Å². The standard InChI is InChI=1S/C23H18FN3O/c24-19-11-13-20(14-12-19)27-16-15-21(26-27)23(28)25-22(17-7-3-1-4-8-17)18-9-5-2-6-10-18/h1-16,22H,(H,25,28). The first kappa shape index (κ1) is 17.7. The summed E-state index contributed by atoms with van der Waals surface area (Å²) in [7, 11) is 0. The monoisotopic (exact) mass is 371 g/mol. The van der Waals surface area contributed by atoms with Gasteiger partial charge in [0.2, 0.25) is 0 Å². The van der Waals surface area contributed by atoms with E-state index in [2.05, 4.69) is 10.4 Å². The van der Waals surface area contributed by atoms with Crippen molar-refractivity contribution >= 4 is 5.91 Å². The number of hydrogen-bond acceptors (Lipinski definition) is 2. The number of halogens is 1. The molecule has 28 heavy (non-hydrogen) atoms. The molecular formula is C23H18FN3O. The lowest BCUT2D eigenvalue weighted by atomic mass is 9.98. The van der Waals surface area contributed by atoms with E-state index >= 15 is 0 Å². The molecule has 0 fully saturated rings. The Balaban J connectivity index is 1.59. The summed E-state index contributed by atoms with van der Waals surface area (Å²) in [5.74, 6) is -0.596. The Labute approximate surface area is 162 Å². The molecule has 1 aromatic heterocycles. The Morgan fingerprint density at radius 2 is 1.39 bits per heavy atom. The number of carbonyl (C=O) groups is 1. The normalized spacial score (nSPS) is 10.8. The molecule has 0 aliphatic heterocycles. The summed E-state index contributed by atoms with van der Waals surface area (Å²) in [6, 6.07) is 26.9. The van der Waals surface area contributed by atoms with Crippen LogP contribution in [0.5, 0.6) is 0 Å². The fourth-order valence-corrected chi connectivity index (χ4v) is 3.04. The van der Waals surface area contributed by atoms with Gasteiger partial charge < -0.3 is 5.32 Å². The van der Waals surface area contributed by atoms with Gasteiger partial charge in [0.1, 0.15) is 5.82 Å². The van der Waals surface area contributed by atoms with Crippen molar-refractivity contribution < 1.29 is 9.18 Å². The highest BCUT2D eigenvalue weighted by Crippen LogP contribution is 2.22. The van der Waals surface area contributed by atoms with Crippen molar-refractivity contribution in [1.82, 2.24) is 15.1 Å². The first-order valence-corrected chi connectivity index (χ1v) is 8.93. The molecule has 0 bridgehead atoms. The molecule has 138 valence electrons. The van der Waals surface area contributed by atoms with E-state index < -0.39 is 0 Å². The molecule has 0 spiro atoms. The predicted molar refractivity (Wildman–Crippen MR) is 106 cm³/mol. The average Bonchev–Trinajstić information content (AvgIpc) is 3.24. The van der Waals surface area contributed by atoms with Crippen molar-refractivity contribution in [3.8, 4) is 5.69 Å². The molecule has 4 nitrogen and oxygen atoms in total. The molecule has 3 aromatic carbocycles. The number of amides is 1. The summed E-state index contributed by atoms with van der Waals surface area (Å²) in [5, 5.41) is 7.40. The Kier molecular flexibility index (Phi) is 4.97. The summed E-state index contributed by atoms with van der Waals surface area (Å²) in [4.78, 5) is 12.9. The fraction of sp³-hybridized carbons (Fsp3) is 0.0435. The third-order valence-electron chi connectivity index (χ3n) is 4.45. The van der Waals surface area contributed by atoms with E-state index in [1.807, 2.05) is 60.7 Å². The van der Waals surface area contributed by atoms with Gasteiger partial charge >= 0.3 is 0 Å². The zero-order chi connectivity index (χ0) is 19.3. The molecule has 0 aliphatic rings. The van der Waals surface area contributed by atoms with Crippen LogP contribution in [0.25, 0.3) is 5.69 Å². The summed E-state index contributed by atoms with van der Waals surface area (Å²) < 4.78 is 14.7. The zero-order valence-electron chi connectivity index (χ0n) is 15.0. The van der Waals surface area contributed by atoms with Gasteiger partial charge in [0.05, 0.1) is 11.7 Å². The van der Waals surface area contributed by atoms with E-state index in [1.54, 1.807) is 29.1 Å². The van der Waals surface area contributed by atoms with Crippen molar-refractivity contribution in [2.24, 2.45) is 0 Å². The van der Waals surface area contributed by atoms with E-state index in [0.29, 0.717) is 11.4 Å². The van der Waals surface area contributed by atoms with Crippen molar-refractivity contribution in [3.05, 3.63) is 120 Å². The third-order valence-corrected chi connectivity index (χ3v) is 4.45. The molecule has 1 N–H and O–H groups in total. The highest BCUT2D eigenvalue weighted by Gasteiger charge is 2.19. The maximum Gasteiger partial charge on any atom is 0.272 e. The first-order chi connectivity index (χ1) is 13.7. The van der Waals surface area contributed by atoms with Crippen LogP contribution in [0, 0.1) is 5.82 Å². The second-order valence-corrected chi connectivity index (χ2v) is 6.35. The second-order valence-electron chi connectivity index (χ2n) is 6.35. The first-order valence-electron chi connectivity index (χ1n) is 8.93. The Hall–Kier alpha value is -3.73. The molecule has 1 heterocycles. The third kappa shape index (κ3) is 3.83. The van der Waals surface area contributed by atoms with Crippen LogP contribution in [-0.2, 0) is 0 Å². The van der Waals surface area contributed by atoms with E-state index in [0.717, 1.165) is 11.1 Å². The number of benzene rings is 3. The summed E-state index contributed by atoms with van der Waals surface area (Å²) in [5.41, 5.74) is 2.95. The number of rotatable bonds is 5. The smallest absolute Gasteiger partial charge is 0.272 e. The lowest BCUT2D eigenvalue weighted by Gasteiger charge is -2.19. The molecule has 0 saturated carbocycles. The molecule has 4 aromatic rings. The molecule has 5 heteroatoms. The van der Waals surface area contributed by atoms with Gasteiger partial charge in [0.25, 0.3) is 5.91 Å². The van der Waals surface area contributed by atoms with E-state index in [9.17, 15) is 9.18 Å². The van der Waals surface area contributed by atoms with Crippen LogP contribution in [0.3, 0.4) is 0 Å². The molecule has 0 atom stereocenters. The lowest BCUT2D eigenvalue weighted by Crippen LogP contribution is -2.29. The van der Waals surface area contributed by atoms with Gasteiger partial charge in [0, 0.05) is 6.20 Å². The summed E-state index contributed by atoms with van der Waals surface area (Å²) in [6.45, 7) is 0. The van der Waals surface area contributed by atoms with Crippen LogP contribution in [0.15, 0.2) is 97.2 Å². The van der Waals surface area contributed by atoms with E-state index in [4.69, 9.17) is 0 Å². The van der Waals surface area contributed by atoms with Crippen molar-refractivity contribution in [2.75, 3.05) is 0 Å². The molecule has 0 radical (unpaired) electrons. The minimum atomic E-state index is -0.317. The summed E-state index contributed by atoms with van der Waals surface area (Å²) >= 11 is 0. The molecular weight excluding hydrogens is 353 g/mol.